The second kappa shape index (κ2) is 7.13. The summed E-state index contributed by atoms with van der Waals surface area (Å²) in [6.45, 7) is 1.97. The van der Waals surface area contributed by atoms with E-state index < -0.39 is 17.9 Å². The Hall–Kier alpha value is -3.21. The molecule has 0 aliphatic rings. The van der Waals surface area contributed by atoms with Gasteiger partial charge in [-0.25, -0.2) is 4.79 Å². The van der Waals surface area contributed by atoms with Crippen molar-refractivity contribution in [1.29, 1.82) is 0 Å². The third-order valence-corrected chi connectivity index (χ3v) is 4.02. The van der Waals surface area contributed by atoms with E-state index in [1.54, 1.807) is 6.07 Å². The van der Waals surface area contributed by atoms with Gasteiger partial charge in [0.25, 0.3) is 5.91 Å². The molecule has 2 aromatic carbocycles. The highest BCUT2D eigenvalue weighted by molar-refractivity contribution is 5.99. The molecule has 0 saturated carbocycles. The Labute approximate surface area is 145 Å². The maximum Gasteiger partial charge on any atom is 0.326 e. The van der Waals surface area contributed by atoms with Crippen LogP contribution in [0.4, 0.5) is 0 Å². The molecule has 0 fully saturated rings. The minimum Gasteiger partial charge on any atom is -0.480 e. The Morgan fingerprint density at radius 2 is 1.84 bits per heavy atom. The van der Waals surface area contributed by atoms with Crippen molar-refractivity contribution in [2.45, 2.75) is 19.4 Å². The van der Waals surface area contributed by atoms with Crippen molar-refractivity contribution < 1.29 is 14.7 Å². The van der Waals surface area contributed by atoms with Crippen LogP contribution >= 0.6 is 0 Å². The SMILES string of the molecule is Cc1ccc(C[C@@H](NC(=O)c2cnc3ccccc3c2)C(=O)O)cc1. The Kier molecular flexibility index (Phi) is 4.75. The smallest absolute Gasteiger partial charge is 0.326 e. The third-order valence-electron chi connectivity index (χ3n) is 4.02. The van der Waals surface area contributed by atoms with Crippen LogP contribution < -0.4 is 5.32 Å². The lowest BCUT2D eigenvalue weighted by Crippen LogP contribution is -2.42. The number of aromatic nitrogens is 1. The van der Waals surface area contributed by atoms with Crippen LogP contribution in [-0.4, -0.2) is 28.0 Å². The second-order valence-corrected chi connectivity index (χ2v) is 5.97. The van der Waals surface area contributed by atoms with Gasteiger partial charge in [-0.05, 0) is 24.6 Å². The molecule has 1 aromatic heterocycles. The van der Waals surface area contributed by atoms with Gasteiger partial charge in [-0.2, -0.15) is 0 Å². The van der Waals surface area contributed by atoms with Gasteiger partial charge in [-0.1, -0.05) is 48.0 Å². The number of amides is 1. The van der Waals surface area contributed by atoms with E-state index in [0.29, 0.717) is 5.56 Å². The molecule has 0 radical (unpaired) electrons. The minimum absolute atomic E-state index is 0.225. The van der Waals surface area contributed by atoms with E-state index in [4.69, 9.17) is 0 Å². The number of carbonyl (C=O) groups is 2. The molecule has 2 N–H and O–H groups in total. The number of rotatable bonds is 5. The molecule has 0 aliphatic heterocycles. The number of fused-ring (bicyclic) bond motifs is 1. The van der Waals surface area contributed by atoms with Crippen molar-refractivity contribution in [3.05, 3.63) is 77.5 Å². The lowest BCUT2D eigenvalue weighted by molar-refractivity contribution is -0.139. The molecule has 126 valence electrons. The summed E-state index contributed by atoms with van der Waals surface area (Å²) in [6.07, 6.45) is 1.69. The highest BCUT2D eigenvalue weighted by atomic mass is 16.4. The zero-order chi connectivity index (χ0) is 17.8. The number of nitrogens with zero attached hydrogens (tertiary/aromatic N) is 1. The summed E-state index contributed by atoms with van der Waals surface area (Å²) in [7, 11) is 0. The molecule has 0 saturated heterocycles. The predicted octanol–water partition coefficient (Wildman–Crippen LogP) is 2.97. The highest BCUT2D eigenvalue weighted by Crippen LogP contribution is 2.13. The molecule has 1 amide bonds. The van der Waals surface area contributed by atoms with E-state index in [9.17, 15) is 14.7 Å². The van der Waals surface area contributed by atoms with Gasteiger partial charge >= 0.3 is 5.97 Å². The molecule has 0 aliphatic carbocycles. The molecule has 3 aromatic rings. The molecule has 25 heavy (non-hydrogen) atoms. The second-order valence-electron chi connectivity index (χ2n) is 5.97. The van der Waals surface area contributed by atoms with Gasteiger partial charge in [0.1, 0.15) is 6.04 Å². The van der Waals surface area contributed by atoms with Crippen molar-refractivity contribution >= 4 is 22.8 Å². The monoisotopic (exact) mass is 334 g/mol. The number of hydrogen-bond acceptors (Lipinski definition) is 3. The fourth-order valence-electron chi connectivity index (χ4n) is 2.60. The summed E-state index contributed by atoms with van der Waals surface area (Å²) in [5.74, 6) is -1.51. The number of benzene rings is 2. The number of carboxylic acid groups (broad SMARTS) is 1. The molecular formula is C20H18N2O3. The van der Waals surface area contributed by atoms with E-state index in [2.05, 4.69) is 10.3 Å². The average molecular weight is 334 g/mol. The topological polar surface area (TPSA) is 79.3 Å². The molecule has 0 unspecified atom stereocenters. The summed E-state index contributed by atoms with van der Waals surface area (Å²) >= 11 is 0. The Morgan fingerprint density at radius 1 is 1.12 bits per heavy atom. The van der Waals surface area contributed by atoms with Gasteiger partial charge in [-0.15, -0.1) is 0 Å². The Bertz CT molecular complexity index is 920. The molecule has 5 heteroatoms. The lowest BCUT2D eigenvalue weighted by Gasteiger charge is -2.15. The van der Waals surface area contributed by atoms with Crippen molar-refractivity contribution in [3.63, 3.8) is 0 Å². The zero-order valence-corrected chi connectivity index (χ0v) is 13.8. The summed E-state index contributed by atoms with van der Waals surface area (Å²) in [5, 5.41) is 12.8. The quantitative estimate of drug-likeness (QED) is 0.752. The standard InChI is InChI=1S/C20H18N2O3/c1-13-6-8-14(9-7-13)10-18(20(24)25)22-19(23)16-11-15-4-2-3-5-17(15)21-12-16/h2-9,11-12,18H,10H2,1H3,(H,22,23)(H,24,25)/t18-/m1/s1. The third kappa shape index (κ3) is 4.01. The number of para-hydroxylation sites is 1. The lowest BCUT2D eigenvalue weighted by atomic mass is 10.0. The first-order valence-corrected chi connectivity index (χ1v) is 7.97. The molecule has 3 rings (SSSR count). The van der Waals surface area contributed by atoms with Gasteiger partial charge in [0, 0.05) is 18.0 Å². The van der Waals surface area contributed by atoms with E-state index in [0.717, 1.165) is 22.0 Å². The number of aliphatic carboxylic acids is 1. The van der Waals surface area contributed by atoms with E-state index in [-0.39, 0.29) is 6.42 Å². The van der Waals surface area contributed by atoms with Crippen LogP contribution in [0.3, 0.4) is 0 Å². The van der Waals surface area contributed by atoms with Gasteiger partial charge in [0.15, 0.2) is 0 Å². The number of nitrogens with one attached hydrogen (secondary N) is 1. The Morgan fingerprint density at radius 3 is 2.56 bits per heavy atom. The Balaban J connectivity index is 1.77. The first-order valence-electron chi connectivity index (χ1n) is 7.97. The van der Waals surface area contributed by atoms with E-state index in [1.165, 1.54) is 6.20 Å². The summed E-state index contributed by atoms with van der Waals surface area (Å²) in [5.41, 5.74) is 3.08. The maximum atomic E-state index is 12.4. The van der Waals surface area contributed by atoms with Crippen molar-refractivity contribution in [2.24, 2.45) is 0 Å². The number of hydrogen-bond donors (Lipinski definition) is 2. The fourth-order valence-corrected chi connectivity index (χ4v) is 2.60. The fraction of sp³-hybridized carbons (Fsp3) is 0.150. The normalized spacial score (nSPS) is 11.9. The van der Waals surface area contributed by atoms with Crippen molar-refractivity contribution in [2.75, 3.05) is 0 Å². The van der Waals surface area contributed by atoms with Gasteiger partial charge in [0.2, 0.25) is 0 Å². The maximum absolute atomic E-state index is 12.4. The average Bonchev–Trinajstić information content (AvgIpc) is 2.62. The summed E-state index contributed by atoms with van der Waals surface area (Å²) in [6, 6.07) is 15.7. The number of carboxylic acids is 1. The largest absolute Gasteiger partial charge is 0.480 e. The molecule has 1 atom stereocenters. The van der Waals surface area contributed by atoms with Crippen LogP contribution in [0.25, 0.3) is 10.9 Å². The molecule has 0 bridgehead atoms. The van der Waals surface area contributed by atoms with Gasteiger partial charge in [0.05, 0.1) is 11.1 Å². The van der Waals surface area contributed by atoms with Crippen LogP contribution in [0.2, 0.25) is 0 Å². The van der Waals surface area contributed by atoms with Crippen LogP contribution in [0.15, 0.2) is 60.8 Å². The number of carbonyl (C=O) groups excluding carboxylic acids is 1. The van der Waals surface area contributed by atoms with E-state index >= 15 is 0 Å². The molecule has 5 nitrogen and oxygen atoms in total. The molecular weight excluding hydrogens is 316 g/mol. The predicted molar refractivity (Wildman–Crippen MR) is 95.5 cm³/mol. The molecule has 1 heterocycles. The summed E-state index contributed by atoms with van der Waals surface area (Å²) < 4.78 is 0. The van der Waals surface area contributed by atoms with Crippen LogP contribution in [0.5, 0.6) is 0 Å². The first kappa shape index (κ1) is 16.6. The van der Waals surface area contributed by atoms with Crippen LogP contribution in [-0.2, 0) is 11.2 Å². The molecule has 0 spiro atoms. The summed E-state index contributed by atoms with van der Waals surface area (Å²) in [4.78, 5) is 28.2. The zero-order valence-electron chi connectivity index (χ0n) is 13.8. The first-order chi connectivity index (χ1) is 12.0. The van der Waals surface area contributed by atoms with Gasteiger partial charge in [-0.3, -0.25) is 9.78 Å². The number of aryl methyl sites for hydroxylation is 1. The van der Waals surface area contributed by atoms with Crippen molar-refractivity contribution in [3.8, 4) is 0 Å². The van der Waals surface area contributed by atoms with E-state index in [1.807, 2.05) is 55.5 Å². The highest BCUT2D eigenvalue weighted by Gasteiger charge is 2.21. The minimum atomic E-state index is -1.07. The van der Waals surface area contributed by atoms with Crippen LogP contribution in [0.1, 0.15) is 21.5 Å². The van der Waals surface area contributed by atoms with Crippen molar-refractivity contribution in [1.82, 2.24) is 10.3 Å². The van der Waals surface area contributed by atoms with Gasteiger partial charge < -0.3 is 10.4 Å². The number of pyridine rings is 1. The van der Waals surface area contributed by atoms with Crippen LogP contribution in [0, 0.1) is 6.92 Å².